The van der Waals surface area contributed by atoms with Crippen molar-refractivity contribution in [1.29, 1.82) is 0 Å². The Balaban J connectivity index is 1.76. The van der Waals surface area contributed by atoms with Crippen LogP contribution in [-0.2, 0) is 4.74 Å². The highest BCUT2D eigenvalue weighted by Crippen LogP contribution is 2.30. The van der Waals surface area contributed by atoms with Crippen LogP contribution in [0.3, 0.4) is 0 Å². The van der Waals surface area contributed by atoms with E-state index in [1.165, 1.54) is 26.1 Å². The normalized spacial score (nSPS) is 37.4. The Morgan fingerprint density at radius 2 is 2.27 bits per heavy atom. The number of epoxide rings is 1. The molecule has 0 aromatic rings. The zero-order chi connectivity index (χ0) is 7.84. The lowest BCUT2D eigenvalue weighted by atomic mass is 10.1. The van der Waals surface area contributed by atoms with Gasteiger partial charge in [-0.05, 0) is 12.3 Å². The first-order valence-corrected chi connectivity index (χ1v) is 4.63. The summed E-state index contributed by atoms with van der Waals surface area (Å²) in [4.78, 5) is 2.53. The number of hydrogen-bond acceptors (Lipinski definition) is 2. The van der Waals surface area contributed by atoms with E-state index in [1.807, 2.05) is 0 Å². The molecule has 0 unspecified atom stereocenters. The predicted molar refractivity (Wildman–Crippen MR) is 44.6 cm³/mol. The van der Waals surface area contributed by atoms with Crippen molar-refractivity contribution in [3.8, 4) is 0 Å². The fraction of sp³-hybridized carbons (Fsp3) is 1.00. The highest BCUT2D eigenvalue weighted by atomic mass is 16.6. The topological polar surface area (TPSA) is 15.8 Å². The molecule has 2 nitrogen and oxygen atoms in total. The Morgan fingerprint density at radius 1 is 1.45 bits per heavy atom. The second-order valence-corrected chi connectivity index (χ2v) is 4.16. The Hall–Kier alpha value is -0.0800. The molecular formula is C9H17NO. The molecule has 2 rings (SSSR count). The highest BCUT2D eigenvalue weighted by molar-refractivity contribution is 4.92. The van der Waals surface area contributed by atoms with E-state index in [0.29, 0.717) is 12.2 Å². The van der Waals surface area contributed by atoms with Gasteiger partial charge in [0.2, 0.25) is 0 Å². The van der Waals surface area contributed by atoms with Gasteiger partial charge in [0.1, 0.15) is 0 Å². The molecule has 0 spiro atoms. The van der Waals surface area contributed by atoms with E-state index >= 15 is 0 Å². The van der Waals surface area contributed by atoms with Crippen molar-refractivity contribution in [2.75, 3.05) is 19.6 Å². The number of fused-ring (bicyclic) bond motifs is 1. The van der Waals surface area contributed by atoms with Gasteiger partial charge in [-0.3, -0.25) is 0 Å². The first kappa shape index (κ1) is 7.56. The third kappa shape index (κ3) is 1.74. The minimum Gasteiger partial charge on any atom is -0.368 e. The SMILES string of the molecule is CC(C)CN1CC[C@@H]2O[C@@H]2C1. The predicted octanol–water partition coefficient (Wildman–Crippen LogP) is 1.12. The number of rotatable bonds is 2. The molecule has 2 fully saturated rings. The molecule has 2 heteroatoms. The van der Waals surface area contributed by atoms with Crippen molar-refractivity contribution in [2.24, 2.45) is 5.92 Å². The maximum atomic E-state index is 5.45. The van der Waals surface area contributed by atoms with Crippen LogP contribution in [0.1, 0.15) is 20.3 Å². The van der Waals surface area contributed by atoms with E-state index in [9.17, 15) is 0 Å². The van der Waals surface area contributed by atoms with Crippen LogP contribution in [0.15, 0.2) is 0 Å². The molecule has 11 heavy (non-hydrogen) atoms. The molecule has 2 atom stereocenters. The summed E-state index contributed by atoms with van der Waals surface area (Å²) in [6.07, 6.45) is 2.50. The maximum absolute atomic E-state index is 5.45. The van der Waals surface area contributed by atoms with Gasteiger partial charge < -0.3 is 9.64 Å². The van der Waals surface area contributed by atoms with Crippen LogP contribution in [0.4, 0.5) is 0 Å². The number of hydrogen-bond donors (Lipinski definition) is 0. The number of ether oxygens (including phenoxy) is 1. The Labute approximate surface area is 68.5 Å². The number of likely N-dealkylation sites (tertiary alicyclic amines) is 1. The summed E-state index contributed by atoms with van der Waals surface area (Å²) in [7, 11) is 0. The van der Waals surface area contributed by atoms with Crippen molar-refractivity contribution >= 4 is 0 Å². The van der Waals surface area contributed by atoms with Crippen LogP contribution >= 0.6 is 0 Å². The fourth-order valence-corrected chi connectivity index (χ4v) is 1.93. The third-order valence-corrected chi connectivity index (χ3v) is 2.48. The van der Waals surface area contributed by atoms with Crippen LogP contribution in [0.25, 0.3) is 0 Å². The van der Waals surface area contributed by atoms with E-state index in [1.54, 1.807) is 0 Å². The standard InChI is InChI=1S/C9H17NO/c1-7(2)5-10-4-3-8-9(6-10)11-8/h7-9H,3-6H2,1-2H3/t8-,9+/m0/s1. The molecule has 0 saturated carbocycles. The first-order valence-electron chi connectivity index (χ1n) is 4.63. The van der Waals surface area contributed by atoms with Crippen molar-refractivity contribution < 1.29 is 4.74 Å². The minimum atomic E-state index is 0.600. The summed E-state index contributed by atoms with van der Waals surface area (Å²) >= 11 is 0. The molecule has 0 bridgehead atoms. The number of piperidine rings is 1. The van der Waals surface area contributed by atoms with E-state index in [-0.39, 0.29) is 0 Å². The summed E-state index contributed by atoms with van der Waals surface area (Å²) in [5.74, 6) is 0.797. The molecule has 0 aromatic carbocycles. The molecule has 0 radical (unpaired) electrons. The van der Waals surface area contributed by atoms with E-state index in [4.69, 9.17) is 4.74 Å². The molecule has 2 saturated heterocycles. The van der Waals surface area contributed by atoms with E-state index in [0.717, 1.165) is 5.92 Å². The second-order valence-electron chi connectivity index (χ2n) is 4.16. The Morgan fingerprint density at radius 3 is 2.91 bits per heavy atom. The fourth-order valence-electron chi connectivity index (χ4n) is 1.93. The van der Waals surface area contributed by atoms with Gasteiger partial charge in [0.25, 0.3) is 0 Å². The summed E-state index contributed by atoms with van der Waals surface area (Å²) < 4.78 is 5.45. The quantitative estimate of drug-likeness (QED) is 0.555. The molecule has 2 heterocycles. The van der Waals surface area contributed by atoms with Gasteiger partial charge in [0.05, 0.1) is 12.2 Å². The molecule has 0 aliphatic carbocycles. The van der Waals surface area contributed by atoms with Gasteiger partial charge in [-0.15, -0.1) is 0 Å². The highest BCUT2D eigenvalue weighted by Gasteiger charge is 2.42. The lowest BCUT2D eigenvalue weighted by Crippen LogP contribution is -2.36. The molecule has 2 aliphatic rings. The van der Waals surface area contributed by atoms with Crippen molar-refractivity contribution in [1.82, 2.24) is 4.90 Å². The third-order valence-electron chi connectivity index (χ3n) is 2.48. The lowest BCUT2D eigenvalue weighted by Gasteiger charge is -2.25. The van der Waals surface area contributed by atoms with Crippen molar-refractivity contribution in [3.05, 3.63) is 0 Å². The van der Waals surface area contributed by atoms with Crippen LogP contribution in [0.5, 0.6) is 0 Å². The summed E-state index contributed by atoms with van der Waals surface area (Å²) in [5.41, 5.74) is 0. The summed E-state index contributed by atoms with van der Waals surface area (Å²) in [6.45, 7) is 8.23. The molecular weight excluding hydrogens is 138 g/mol. The molecule has 64 valence electrons. The lowest BCUT2D eigenvalue weighted by molar-refractivity contribution is 0.220. The van der Waals surface area contributed by atoms with Crippen LogP contribution in [0, 0.1) is 5.92 Å². The molecule has 2 aliphatic heterocycles. The van der Waals surface area contributed by atoms with Gasteiger partial charge >= 0.3 is 0 Å². The molecule has 0 amide bonds. The van der Waals surface area contributed by atoms with Crippen LogP contribution < -0.4 is 0 Å². The second kappa shape index (κ2) is 2.76. The maximum Gasteiger partial charge on any atom is 0.0968 e. The van der Waals surface area contributed by atoms with Gasteiger partial charge in [-0.25, -0.2) is 0 Å². The van der Waals surface area contributed by atoms with Crippen molar-refractivity contribution in [2.45, 2.75) is 32.5 Å². The van der Waals surface area contributed by atoms with Crippen molar-refractivity contribution in [3.63, 3.8) is 0 Å². The van der Waals surface area contributed by atoms with Crippen LogP contribution in [-0.4, -0.2) is 36.7 Å². The molecule has 0 aromatic heterocycles. The van der Waals surface area contributed by atoms with Gasteiger partial charge in [-0.1, -0.05) is 13.8 Å². The number of nitrogens with zero attached hydrogens (tertiary/aromatic N) is 1. The summed E-state index contributed by atoms with van der Waals surface area (Å²) in [6, 6.07) is 0. The largest absolute Gasteiger partial charge is 0.368 e. The Kier molecular flexibility index (Phi) is 1.90. The van der Waals surface area contributed by atoms with Crippen LogP contribution in [0.2, 0.25) is 0 Å². The first-order chi connectivity index (χ1) is 5.25. The average molecular weight is 155 g/mol. The van der Waals surface area contributed by atoms with Gasteiger partial charge in [0, 0.05) is 19.6 Å². The van der Waals surface area contributed by atoms with E-state index in [2.05, 4.69) is 18.7 Å². The Bertz CT molecular complexity index is 144. The average Bonchev–Trinajstić information content (AvgIpc) is 2.63. The smallest absolute Gasteiger partial charge is 0.0968 e. The van der Waals surface area contributed by atoms with E-state index < -0.39 is 0 Å². The zero-order valence-electron chi connectivity index (χ0n) is 7.42. The van der Waals surface area contributed by atoms with Gasteiger partial charge in [-0.2, -0.15) is 0 Å². The summed E-state index contributed by atoms with van der Waals surface area (Å²) in [5, 5.41) is 0. The molecule has 0 N–H and O–H groups in total. The van der Waals surface area contributed by atoms with Gasteiger partial charge in [0.15, 0.2) is 0 Å². The zero-order valence-corrected chi connectivity index (χ0v) is 7.42. The monoisotopic (exact) mass is 155 g/mol. The minimum absolute atomic E-state index is 0.600.